The van der Waals surface area contributed by atoms with Crippen LogP contribution < -0.4 is 10.6 Å². The maximum absolute atomic E-state index is 11.7. The van der Waals surface area contributed by atoms with Crippen LogP contribution in [-0.4, -0.2) is 44.9 Å². The molecular formula is C23H27ClN6O2. The highest BCUT2D eigenvalue weighted by Crippen LogP contribution is 2.34. The molecule has 2 bridgehead atoms. The number of carbonyl (C=O) groups is 1. The minimum absolute atomic E-state index is 0. The summed E-state index contributed by atoms with van der Waals surface area (Å²) in [7, 11) is 1.38. The number of aromatic nitrogens is 4. The number of methoxy groups -OCH3 is 1. The fraction of sp³-hybridized carbons (Fsp3) is 0.391. The zero-order valence-corrected chi connectivity index (χ0v) is 18.9. The highest BCUT2D eigenvalue weighted by Gasteiger charge is 2.34. The number of nitrogens with one attached hydrogen (secondary N) is 2. The lowest BCUT2D eigenvalue weighted by molar-refractivity contribution is 0.0600. The van der Waals surface area contributed by atoms with Crippen LogP contribution in [0.3, 0.4) is 0 Å². The van der Waals surface area contributed by atoms with Crippen LogP contribution in [0.25, 0.3) is 11.3 Å². The van der Waals surface area contributed by atoms with Crippen molar-refractivity contribution in [3.63, 3.8) is 0 Å². The average Bonchev–Trinajstić information content (AvgIpc) is 3.40. The summed E-state index contributed by atoms with van der Waals surface area (Å²) in [6.07, 6.45) is 10.5. The topological polar surface area (TPSA) is 94.0 Å². The lowest BCUT2D eigenvalue weighted by Gasteiger charge is -2.29. The number of piperidine rings is 1. The fourth-order valence-electron chi connectivity index (χ4n) is 4.65. The molecule has 2 fully saturated rings. The first-order valence-electron chi connectivity index (χ1n) is 10.7. The van der Waals surface area contributed by atoms with Gasteiger partial charge < -0.3 is 15.4 Å². The summed E-state index contributed by atoms with van der Waals surface area (Å²) in [6, 6.07) is 8.91. The molecule has 0 saturated carbocycles. The molecule has 2 aromatic heterocycles. The Labute approximate surface area is 193 Å². The van der Waals surface area contributed by atoms with Gasteiger partial charge in [-0.25, -0.2) is 14.8 Å². The van der Waals surface area contributed by atoms with Crippen molar-refractivity contribution in [2.75, 3.05) is 12.4 Å². The van der Waals surface area contributed by atoms with Gasteiger partial charge in [-0.1, -0.05) is 12.1 Å². The first-order valence-corrected chi connectivity index (χ1v) is 10.7. The van der Waals surface area contributed by atoms with Gasteiger partial charge >= 0.3 is 5.97 Å². The maximum Gasteiger partial charge on any atom is 0.337 e. The molecule has 2 aliphatic rings. The van der Waals surface area contributed by atoms with E-state index in [1.165, 1.54) is 20.0 Å². The van der Waals surface area contributed by atoms with Crippen LogP contribution in [0.1, 0.15) is 47.6 Å². The molecule has 0 radical (unpaired) electrons. The van der Waals surface area contributed by atoms with Crippen molar-refractivity contribution >= 4 is 30.0 Å². The number of carbonyl (C=O) groups excluding carboxylic acids is 1. The smallest absolute Gasteiger partial charge is 0.337 e. The van der Waals surface area contributed by atoms with E-state index < -0.39 is 0 Å². The van der Waals surface area contributed by atoms with Gasteiger partial charge in [-0.15, -0.1) is 12.4 Å². The predicted molar refractivity (Wildman–Crippen MR) is 125 cm³/mol. The first kappa shape index (κ1) is 22.2. The molecule has 0 amide bonds. The third kappa shape index (κ3) is 4.47. The quantitative estimate of drug-likeness (QED) is 0.561. The van der Waals surface area contributed by atoms with E-state index in [9.17, 15) is 4.79 Å². The second kappa shape index (κ2) is 9.26. The number of halogens is 1. The Morgan fingerprint density at radius 3 is 2.56 bits per heavy atom. The van der Waals surface area contributed by atoms with Gasteiger partial charge in [0.25, 0.3) is 0 Å². The van der Waals surface area contributed by atoms with E-state index in [0.717, 1.165) is 35.3 Å². The molecule has 168 valence electrons. The highest BCUT2D eigenvalue weighted by molar-refractivity contribution is 5.90. The second-order valence-corrected chi connectivity index (χ2v) is 8.39. The molecule has 8 nitrogen and oxygen atoms in total. The number of rotatable bonds is 5. The highest BCUT2D eigenvalue weighted by atomic mass is 35.5. The van der Waals surface area contributed by atoms with E-state index in [1.54, 1.807) is 18.3 Å². The molecule has 2 N–H and O–H groups in total. The van der Waals surface area contributed by atoms with Crippen molar-refractivity contribution in [1.82, 2.24) is 25.1 Å². The van der Waals surface area contributed by atoms with E-state index in [-0.39, 0.29) is 18.4 Å². The van der Waals surface area contributed by atoms with Gasteiger partial charge in [0.15, 0.2) is 0 Å². The molecule has 4 heterocycles. The lowest BCUT2D eigenvalue weighted by Crippen LogP contribution is -2.38. The second-order valence-electron chi connectivity index (χ2n) is 8.39. The SMILES string of the molecule is COC(=O)c1ccc(-c2nc(Nc3cnn(C4CC5CCC(C4)N5)c3)ncc2C)cc1.Cl. The van der Waals surface area contributed by atoms with Crippen LogP contribution in [0.15, 0.2) is 42.9 Å². The molecule has 5 rings (SSSR count). The zero-order valence-electron chi connectivity index (χ0n) is 18.1. The molecule has 0 spiro atoms. The Balaban J connectivity index is 0.00000245. The van der Waals surface area contributed by atoms with Crippen molar-refractivity contribution in [2.24, 2.45) is 0 Å². The standard InChI is InChI=1S/C23H26N6O2.ClH/c1-14-11-24-23(28-21(14)15-3-5-16(6-4-15)22(30)31-2)27-19-12-25-29(13-19)20-9-17-7-8-18(10-20)26-17;/h3-6,11-13,17-18,20,26H,7-10H2,1-2H3,(H,24,27,28);1H. The summed E-state index contributed by atoms with van der Waals surface area (Å²) < 4.78 is 6.84. The van der Waals surface area contributed by atoms with Gasteiger partial charge in [-0.3, -0.25) is 4.68 Å². The first-order chi connectivity index (χ1) is 15.1. The third-order valence-electron chi connectivity index (χ3n) is 6.23. The Hall–Kier alpha value is -2.97. The molecule has 2 saturated heterocycles. The number of benzene rings is 1. The van der Waals surface area contributed by atoms with Crippen LogP contribution >= 0.6 is 12.4 Å². The predicted octanol–water partition coefficient (Wildman–Crippen LogP) is 4.06. The molecule has 2 atom stereocenters. The van der Waals surface area contributed by atoms with E-state index in [4.69, 9.17) is 9.72 Å². The number of fused-ring (bicyclic) bond motifs is 2. The van der Waals surface area contributed by atoms with E-state index >= 15 is 0 Å². The molecule has 3 aromatic rings. The average molecular weight is 455 g/mol. The van der Waals surface area contributed by atoms with Crippen molar-refractivity contribution in [2.45, 2.75) is 50.7 Å². The maximum atomic E-state index is 11.7. The zero-order chi connectivity index (χ0) is 21.4. The number of anilines is 2. The van der Waals surface area contributed by atoms with Gasteiger partial charge in [0.2, 0.25) is 5.95 Å². The molecule has 9 heteroatoms. The van der Waals surface area contributed by atoms with E-state index in [0.29, 0.717) is 29.6 Å². The lowest BCUT2D eigenvalue weighted by atomic mass is 10.0. The number of nitrogens with zero attached hydrogens (tertiary/aromatic N) is 4. The summed E-state index contributed by atoms with van der Waals surface area (Å²) in [4.78, 5) is 20.8. The number of hydrogen-bond acceptors (Lipinski definition) is 7. The van der Waals surface area contributed by atoms with E-state index in [1.807, 2.05) is 31.5 Å². The fourth-order valence-corrected chi connectivity index (χ4v) is 4.65. The van der Waals surface area contributed by atoms with Crippen LogP contribution in [-0.2, 0) is 4.74 Å². The van der Waals surface area contributed by atoms with Crippen LogP contribution in [0, 0.1) is 6.92 Å². The van der Waals surface area contributed by atoms with Gasteiger partial charge in [-0.2, -0.15) is 5.10 Å². The minimum Gasteiger partial charge on any atom is -0.465 e. The number of ether oxygens (including phenoxy) is 1. The van der Waals surface area contributed by atoms with Crippen molar-refractivity contribution < 1.29 is 9.53 Å². The Morgan fingerprint density at radius 1 is 1.16 bits per heavy atom. The van der Waals surface area contributed by atoms with Gasteiger partial charge in [0.1, 0.15) is 0 Å². The normalized spacial score (nSPS) is 21.6. The molecule has 32 heavy (non-hydrogen) atoms. The van der Waals surface area contributed by atoms with Crippen molar-refractivity contribution in [1.29, 1.82) is 0 Å². The Morgan fingerprint density at radius 2 is 1.88 bits per heavy atom. The van der Waals surface area contributed by atoms with Crippen LogP contribution in [0.5, 0.6) is 0 Å². The summed E-state index contributed by atoms with van der Waals surface area (Å²) in [5.74, 6) is 0.162. The van der Waals surface area contributed by atoms with Crippen LogP contribution in [0.2, 0.25) is 0 Å². The molecule has 2 aliphatic heterocycles. The summed E-state index contributed by atoms with van der Waals surface area (Å²) >= 11 is 0. The number of aryl methyl sites for hydroxylation is 1. The van der Waals surface area contributed by atoms with Gasteiger partial charge in [-0.05, 0) is 50.3 Å². The van der Waals surface area contributed by atoms with Gasteiger partial charge in [0, 0.05) is 30.0 Å². The summed E-state index contributed by atoms with van der Waals surface area (Å²) in [5, 5.41) is 11.5. The monoisotopic (exact) mass is 454 g/mol. The molecular weight excluding hydrogens is 428 g/mol. The number of hydrogen-bond donors (Lipinski definition) is 2. The largest absolute Gasteiger partial charge is 0.465 e. The summed E-state index contributed by atoms with van der Waals surface area (Å²) in [6.45, 7) is 1.97. The molecule has 0 aliphatic carbocycles. The van der Waals surface area contributed by atoms with Gasteiger partial charge in [0.05, 0.1) is 36.3 Å². The van der Waals surface area contributed by atoms with E-state index in [2.05, 4.69) is 25.4 Å². The molecule has 1 aromatic carbocycles. The number of esters is 1. The third-order valence-corrected chi connectivity index (χ3v) is 6.23. The van der Waals surface area contributed by atoms with Crippen molar-refractivity contribution in [3.05, 3.63) is 54.0 Å². The Kier molecular flexibility index (Phi) is 6.43. The summed E-state index contributed by atoms with van der Waals surface area (Å²) in [5.41, 5.74) is 4.07. The minimum atomic E-state index is -0.355. The molecule has 2 unspecified atom stereocenters. The van der Waals surface area contributed by atoms with Crippen LogP contribution in [0.4, 0.5) is 11.6 Å². The Bertz CT molecular complexity index is 1090. The van der Waals surface area contributed by atoms with Crippen molar-refractivity contribution in [3.8, 4) is 11.3 Å².